The maximum absolute atomic E-state index is 12.3. The number of ether oxygens (including phenoxy) is 1. The van der Waals surface area contributed by atoms with Crippen molar-refractivity contribution in [3.05, 3.63) is 54.1 Å². The number of aromatic nitrogens is 4. The summed E-state index contributed by atoms with van der Waals surface area (Å²) >= 11 is 0. The Hall–Kier alpha value is -3.39. The molecular weight excluding hydrogens is 418 g/mol. The van der Waals surface area contributed by atoms with Crippen molar-refractivity contribution in [2.24, 2.45) is 0 Å². The van der Waals surface area contributed by atoms with Crippen LogP contribution in [0, 0.1) is 6.92 Å². The van der Waals surface area contributed by atoms with Gasteiger partial charge >= 0.3 is 6.09 Å². The summed E-state index contributed by atoms with van der Waals surface area (Å²) in [6, 6.07) is 9.91. The van der Waals surface area contributed by atoms with Crippen molar-refractivity contribution in [2.75, 3.05) is 13.1 Å². The van der Waals surface area contributed by atoms with E-state index < -0.39 is 11.2 Å². The number of likely N-dealkylation sites (tertiary alicyclic amines) is 1. The number of aromatic amines is 1. The number of aryl methyl sites for hydroxylation is 1. The van der Waals surface area contributed by atoms with Crippen LogP contribution in [0.2, 0.25) is 0 Å². The van der Waals surface area contributed by atoms with E-state index in [1.807, 2.05) is 70.4 Å². The lowest BCUT2D eigenvalue weighted by Gasteiger charge is -2.39. The first-order chi connectivity index (χ1) is 15.6. The lowest BCUT2D eigenvalue weighted by molar-refractivity contribution is -0.0356. The summed E-state index contributed by atoms with van der Waals surface area (Å²) < 4.78 is 7.56. The van der Waals surface area contributed by atoms with Crippen LogP contribution in [0.1, 0.15) is 45.0 Å². The number of nitrogens with one attached hydrogen (secondary N) is 1. The zero-order valence-electron chi connectivity index (χ0n) is 19.4. The van der Waals surface area contributed by atoms with Crippen molar-refractivity contribution in [2.45, 2.75) is 51.7 Å². The van der Waals surface area contributed by atoms with Crippen LogP contribution in [0.4, 0.5) is 4.79 Å². The fourth-order valence-electron chi connectivity index (χ4n) is 4.56. The molecule has 0 spiro atoms. The van der Waals surface area contributed by atoms with Gasteiger partial charge in [-0.25, -0.2) is 14.8 Å². The Labute approximate surface area is 192 Å². The average Bonchev–Trinajstić information content (AvgIpc) is 3.37. The molecule has 0 radical (unpaired) electrons. The average molecular weight is 448 g/mol. The zero-order valence-corrected chi connectivity index (χ0v) is 19.4. The standard InChI is InChI=1S/C25H29N5O3/c1-16-28-21(20-15-27-22-19(30(16)20)9-12-26-22)17-5-7-18(8-6-17)25(32)10-13-29(14-11-25)23(31)33-24(2,3)4/h5-9,12,15,26,32H,10-11,13-14H2,1-4H3. The van der Waals surface area contributed by atoms with Crippen LogP contribution >= 0.6 is 0 Å². The van der Waals surface area contributed by atoms with E-state index in [-0.39, 0.29) is 6.09 Å². The van der Waals surface area contributed by atoms with E-state index >= 15 is 0 Å². The van der Waals surface area contributed by atoms with Gasteiger partial charge in [0.05, 0.1) is 28.5 Å². The highest BCUT2D eigenvalue weighted by atomic mass is 16.6. The first-order valence-electron chi connectivity index (χ1n) is 11.3. The van der Waals surface area contributed by atoms with E-state index in [9.17, 15) is 9.90 Å². The van der Waals surface area contributed by atoms with Crippen molar-refractivity contribution in [1.82, 2.24) is 24.3 Å². The molecule has 1 aromatic carbocycles. The molecule has 8 nitrogen and oxygen atoms in total. The summed E-state index contributed by atoms with van der Waals surface area (Å²) in [5.41, 5.74) is 3.94. The van der Waals surface area contributed by atoms with Gasteiger partial charge in [0.15, 0.2) is 5.65 Å². The molecular formula is C25H29N5O3. The predicted octanol–water partition coefficient (Wildman–Crippen LogP) is 4.40. The molecule has 0 unspecified atom stereocenters. The molecule has 4 heterocycles. The Morgan fingerprint density at radius 2 is 1.82 bits per heavy atom. The number of benzene rings is 1. The third kappa shape index (κ3) is 3.84. The maximum Gasteiger partial charge on any atom is 0.410 e. The molecule has 1 aliphatic rings. The van der Waals surface area contributed by atoms with Crippen LogP contribution in [0.15, 0.2) is 42.7 Å². The van der Waals surface area contributed by atoms with Gasteiger partial charge in [0.2, 0.25) is 0 Å². The number of H-pyrrole nitrogens is 1. The molecule has 1 fully saturated rings. The van der Waals surface area contributed by atoms with Gasteiger partial charge in [-0.1, -0.05) is 24.3 Å². The number of nitrogens with zero attached hydrogens (tertiary/aromatic N) is 4. The van der Waals surface area contributed by atoms with Crippen LogP contribution in [0.5, 0.6) is 0 Å². The zero-order chi connectivity index (χ0) is 23.4. The molecule has 4 aromatic rings. The molecule has 8 heteroatoms. The number of hydrogen-bond acceptors (Lipinski definition) is 5. The summed E-state index contributed by atoms with van der Waals surface area (Å²) in [4.78, 5) is 26.5. The number of carbonyl (C=O) groups excluding carboxylic acids is 1. The fraction of sp³-hybridized carbons (Fsp3) is 0.400. The summed E-state index contributed by atoms with van der Waals surface area (Å²) in [5, 5.41) is 11.3. The van der Waals surface area contributed by atoms with Gasteiger partial charge in [-0.2, -0.15) is 0 Å². The Morgan fingerprint density at radius 3 is 2.48 bits per heavy atom. The van der Waals surface area contributed by atoms with Gasteiger partial charge in [0, 0.05) is 24.8 Å². The Kier molecular flexibility index (Phi) is 4.93. The van der Waals surface area contributed by atoms with E-state index in [1.54, 1.807) is 4.90 Å². The first kappa shape index (κ1) is 21.5. The van der Waals surface area contributed by atoms with Gasteiger partial charge in [-0.15, -0.1) is 0 Å². The minimum absolute atomic E-state index is 0.327. The van der Waals surface area contributed by atoms with Crippen molar-refractivity contribution in [1.29, 1.82) is 0 Å². The minimum atomic E-state index is -0.970. The summed E-state index contributed by atoms with van der Waals surface area (Å²) in [6.07, 6.45) is 4.31. The lowest BCUT2D eigenvalue weighted by atomic mass is 9.84. The second kappa shape index (κ2) is 7.59. The van der Waals surface area contributed by atoms with Crippen LogP contribution in [-0.4, -0.2) is 54.1 Å². The molecule has 2 N–H and O–H groups in total. The van der Waals surface area contributed by atoms with Crippen LogP contribution in [-0.2, 0) is 10.3 Å². The number of fused-ring (bicyclic) bond motifs is 3. The minimum Gasteiger partial charge on any atom is -0.444 e. The number of rotatable bonds is 2. The lowest BCUT2D eigenvalue weighted by Crippen LogP contribution is -2.46. The Balaban J connectivity index is 1.37. The van der Waals surface area contributed by atoms with Gasteiger partial charge in [-0.3, -0.25) is 4.40 Å². The molecule has 0 bridgehead atoms. The molecule has 3 aromatic heterocycles. The van der Waals surface area contributed by atoms with Gasteiger partial charge in [0.1, 0.15) is 11.4 Å². The molecule has 1 saturated heterocycles. The molecule has 172 valence electrons. The summed E-state index contributed by atoms with van der Waals surface area (Å²) in [6.45, 7) is 8.46. The van der Waals surface area contributed by atoms with Crippen molar-refractivity contribution in [3.8, 4) is 11.3 Å². The van der Waals surface area contributed by atoms with E-state index in [1.165, 1.54) is 0 Å². The van der Waals surface area contributed by atoms with Crippen LogP contribution in [0.25, 0.3) is 27.9 Å². The third-order valence-electron chi connectivity index (χ3n) is 6.28. The Bertz CT molecular complexity index is 1320. The molecule has 1 aliphatic heterocycles. The number of aliphatic hydroxyl groups is 1. The smallest absolute Gasteiger partial charge is 0.410 e. The number of piperidine rings is 1. The highest BCUT2D eigenvalue weighted by Gasteiger charge is 2.36. The normalized spacial score (nSPS) is 16.5. The topological polar surface area (TPSA) is 95.8 Å². The monoisotopic (exact) mass is 447 g/mol. The Morgan fingerprint density at radius 1 is 1.12 bits per heavy atom. The van der Waals surface area contributed by atoms with E-state index in [0.29, 0.717) is 25.9 Å². The fourth-order valence-corrected chi connectivity index (χ4v) is 4.56. The molecule has 0 aliphatic carbocycles. The molecule has 33 heavy (non-hydrogen) atoms. The summed E-state index contributed by atoms with van der Waals surface area (Å²) in [7, 11) is 0. The van der Waals surface area contributed by atoms with Gasteiger partial charge in [-0.05, 0) is 52.2 Å². The SMILES string of the molecule is Cc1nc(-c2ccc(C3(O)CCN(C(=O)OC(C)(C)C)CC3)cc2)c2cnc3[nH]ccc3n12. The van der Waals surface area contributed by atoms with Crippen LogP contribution in [0.3, 0.4) is 0 Å². The maximum atomic E-state index is 12.3. The predicted molar refractivity (Wildman–Crippen MR) is 126 cm³/mol. The van der Waals surface area contributed by atoms with E-state index in [0.717, 1.165) is 39.3 Å². The van der Waals surface area contributed by atoms with Gasteiger partial charge in [0.25, 0.3) is 0 Å². The highest BCUT2D eigenvalue weighted by molar-refractivity contribution is 5.84. The second-order valence-electron chi connectivity index (χ2n) is 9.77. The van der Waals surface area contributed by atoms with Crippen molar-refractivity contribution >= 4 is 22.8 Å². The van der Waals surface area contributed by atoms with Crippen molar-refractivity contribution < 1.29 is 14.6 Å². The number of carbonyl (C=O) groups is 1. The van der Waals surface area contributed by atoms with E-state index in [2.05, 4.69) is 14.4 Å². The highest BCUT2D eigenvalue weighted by Crippen LogP contribution is 2.35. The number of amides is 1. The molecule has 5 rings (SSSR count). The number of hydrogen-bond donors (Lipinski definition) is 2. The second-order valence-corrected chi connectivity index (χ2v) is 9.77. The summed E-state index contributed by atoms with van der Waals surface area (Å²) in [5.74, 6) is 0.893. The van der Waals surface area contributed by atoms with Crippen molar-refractivity contribution in [3.63, 3.8) is 0 Å². The number of imidazole rings is 1. The molecule has 0 atom stereocenters. The van der Waals surface area contributed by atoms with Gasteiger partial charge < -0.3 is 19.7 Å². The first-order valence-corrected chi connectivity index (χ1v) is 11.3. The molecule has 1 amide bonds. The van der Waals surface area contributed by atoms with E-state index in [4.69, 9.17) is 9.72 Å². The third-order valence-corrected chi connectivity index (χ3v) is 6.28. The largest absolute Gasteiger partial charge is 0.444 e. The molecule has 0 saturated carbocycles. The quantitative estimate of drug-likeness (QED) is 0.475. The van der Waals surface area contributed by atoms with Crippen LogP contribution < -0.4 is 0 Å².